The number of rotatable bonds is 5. The molecule has 0 saturated heterocycles. The van der Waals surface area contributed by atoms with Crippen molar-refractivity contribution in [2.45, 2.75) is 45.4 Å². The third-order valence-corrected chi connectivity index (χ3v) is 4.48. The molecule has 30 heavy (non-hydrogen) atoms. The lowest BCUT2D eigenvalue weighted by Gasteiger charge is -2.29. The summed E-state index contributed by atoms with van der Waals surface area (Å²) in [7, 11) is 0. The SMILES string of the molecule is CC(C)(C)NC(=O)N(Cc1ccc(F)cc1F)CC1CC(c2ccc(F)cc2)=NO1. The van der Waals surface area contributed by atoms with E-state index in [0.29, 0.717) is 12.1 Å². The molecule has 1 aliphatic rings. The maximum Gasteiger partial charge on any atom is 0.318 e. The monoisotopic (exact) mass is 419 g/mol. The van der Waals surface area contributed by atoms with Crippen LogP contribution in [0.4, 0.5) is 18.0 Å². The summed E-state index contributed by atoms with van der Waals surface area (Å²) in [6.45, 7) is 5.60. The van der Waals surface area contributed by atoms with Crippen molar-refractivity contribution in [3.63, 3.8) is 0 Å². The van der Waals surface area contributed by atoms with Gasteiger partial charge in [0.1, 0.15) is 17.5 Å². The molecule has 160 valence electrons. The molecule has 2 amide bonds. The van der Waals surface area contributed by atoms with Gasteiger partial charge in [0.05, 0.1) is 18.8 Å². The van der Waals surface area contributed by atoms with Crippen molar-refractivity contribution in [3.05, 3.63) is 71.0 Å². The van der Waals surface area contributed by atoms with Crippen LogP contribution in [-0.4, -0.2) is 34.8 Å². The maximum atomic E-state index is 14.2. The van der Waals surface area contributed by atoms with Crippen LogP contribution in [0.3, 0.4) is 0 Å². The maximum absolute atomic E-state index is 14.2. The van der Waals surface area contributed by atoms with Gasteiger partial charge in [-0.3, -0.25) is 0 Å². The van der Waals surface area contributed by atoms with E-state index < -0.39 is 29.3 Å². The first-order chi connectivity index (χ1) is 14.1. The summed E-state index contributed by atoms with van der Waals surface area (Å²) in [4.78, 5) is 19.7. The minimum Gasteiger partial charge on any atom is -0.390 e. The summed E-state index contributed by atoms with van der Waals surface area (Å²) in [5.41, 5.74) is 1.07. The Balaban J connectivity index is 1.72. The first-order valence-electron chi connectivity index (χ1n) is 9.60. The number of benzene rings is 2. The quantitative estimate of drug-likeness (QED) is 0.770. The molecule has 0 fully saturated rings. The van der Waals surface area contributed by atoms with Gasteiger partial charge in [-0.2, -0.15) is 0 Å². The molecule has 3 rings (SSSR count). The van der Waals surface area contributed by atoms with Crippen molar-refractivity contribution in [1.82, 2.24) is 10.2 Å². The first kappa shape index (κ1) is 21.7. The molecular weight excluding hydrogens is 395 g/mol. The zero-order chi connectivity index (χ0) is 21.9. The third-order valence-electron chi connectivity index (χ3n) is 4.48. The van der Waals surface area contributed by atoms with E-state index in [2.05, 4.69) is 10.5 Å². The number of amides is 2. The average Bonchev–Trinajstić information content (AvgIpc) is 3.11. The molecule has 2 aromatic carbocycles. The highest BCUT2D eigenvalue weighted by Gasteiger charge is 2.29. The van der Waals surface area contributed by atoms with Gasteiger partial charge in [-0.1, -0.05) is 23.4 Å². The predicted octanol–water partition coefficient (Wildman–Crippen LogP) is 4.61. The standard InChI is InChI=1S/C22H24F3N3O2/c1-22(2,3)26-21(29)28(12-15-6-9-17(24)10-19(15)25)13-18-11-20(27-30-18)14-4-7-16(23)8-5-14/h4-10,18H,11-13H2,1-3H3,(H,26,29). The molecule has 1 unspecified atom stereocenters. The van der Waals surface area contributed by atoms with Gasteiger partial charge in [-0.05, 0) is 44.5 Å². The summed E-state index contributed by atoms with van der Waals surface area (Å²) < 4.78 is 40.5. The van der Waals surface area contributed by atoms with E-state index in [1.807, 2.05) is 20.8 Å². The van der Waals surface area contributed by atoms with Crippen LogP contribution in [-0.2, 0) is 11.4 Å². The van der Waals surface area contributed by atoms with Crippen molar-refractivity contribution >= 4 is 11.7 Å². The zero-order valence-electron chi connectivity index (χ0n) is 17.1. The van der Waals surface area contributed by atoms with Crippen LogP contribution in [0.5, 0.6) is 0 Å². The molecule has 1 N–H and O–H groups in total. The summed E-state index contributed by atoms with van der Waals surface area (Å²) in [6, 6.07) is 8.76. The Bertz CT molecular complexity index is 940. The zero-order valence-corrected chi connectivity index (χ0v) is 17.1. The van der Waals surface area contributed by atoms with Crippen LogP contribution in [0.1, 0.15) is 38.3 Å². The second kappa shape index (κ2) is 8.77. The molecule has 0 radical (unpaired) electrons. The van der Waals surface area contributed by atoms with Crippen molar-refractivity contribution in [1.29, 1.82) is 0 Å². The van der Waals surface area contributed by atoms with E-state index in [1.165, 1.54) is 23.1 Å². The van der Waals surface area contributed by atoms with Gasteiger partial charge in [0.25, 0.3) is 0 Å². The van der Waals surface area contributed by atoms with Gasteiger partial charge in [-0.25, -0.2) is 18.0 Å². The average molecular weight is 419 g/mol. The highest BCUT2D eigenvalue weighted by atomic mass is 19.1. The molecule has 0 bridgehead atoms. The number of carbonyl (C=O) groups is 1. The molecule has 2 aromatic rings. The molecule has 5 nitrogen and oxygen atoms in total. The lowest BCUT2D eigenvalue weighted by molar-refractivity contribution is 0.0578. The Morgan fingerprint density at radius 1 is 1.13 bits per heavy atom. The number of carbonyl (C=O) groups excluding carboxylic acids is 1. The normalized spacial score (nSPS) is 16.1. The topological polar surface area (TPSA) is 53.9 Å². The number of hydrogen-bond donors (Lipinski definition) is 1. The minimum absolute atomic E-state index is 0.0558. The second-order valence-corrected chi connectivity index (χ2v) is 8.27. The highest BCUT2D eigenvalue weighted by Crippen LogP contribution is 2.20. The van der Waals surface area contributed by atoms with Gasteiger partial charge in [-0.15, -0.1) is 0 Å². The van der Waals surface area contributed by atoms with Gasteiger partial charge >= 0.3 is 6.03 Å². The Morgan fingerprint density at radius 2 is 1.80 bits per heavy atom. The molecule has 8 heteroatoms. The van der Waals surface area contributed by atoms with Gasteiger partial charge in [0.2, 0.25) is 0 Å². The highest BCUT2D eigenvalue weighted by molar-refractivity contribution is 6.01. The predicted molar refractivity (Wildman–Crippen MR) is 107 cm³/mol. The molecule has 1 heterocycles. The molecule has 0 saturated carbocycles. The summed E-state index contributed by atoms with van der Waals surface area (Å²) in [6.07, 6.45) is -0.0316. The van der Waals surface area contributed by atoms with Gasteiger partial charge < -0.3 is 15.1 Å². The molecule has 0 aliphatic carbocycles. The number of oxime groups is 1. The summed E-state index contributed by atoms with van der Waals surface area (Å²) >= 11 is 0. The van der Waals surface area contributed by atoms with E-state index in [4.69, 9.17) is 4.84 Å². The molecule has 1 atom stereocenters. The van der Waals surface area contributed by atoms with Crippen LogP contribution in [0.25, 0.3) is 0 Å². The van der Waals surface area contributed by atoms with Crippen molar-refractivity contribution in [3.8, 4) is 0 Å². The summed E-state index contributed by atoms with van der Waals surface area (Å²) in [5.74, 6) is -1.75. The van der Waals surface area contributed by atoms with Crippen LogP contribution in [0.2, 0.25) is 0 Å². The van der Waals surface area contributed by atoms with E-state index >= 15 is 0 Å². The van der Waals surface area contributed by atoms with Crippen molar-refractivity contribution in [2.75, 3.05) is 6.54 Å². The number of urea groups is 1. The van der Waals surface area contributed by atoms with E-state index in [9.17, 15) is 18.0 Å². The van der Waals surface area contributed by atoms with Crippen LogP contribution >= 0.6 is 0 Å². The third kappa shape index (κ3) is 5.75. The smallest absolute Gasteiger partial charge is 0.318 e. The van der Waals surface area contributed by atoms with Crippen molar-refractivity contribution < 1.29 is 22.8 Å². The fraction of sp³-hybridized carbons (Fsp3) is 0.364. The lowest BCUT2D eigenvalue weighted by Crippen LogP contribution is -2.50. The van der Waals surface area contributed by atoms with E-state index in [-0.39, 0.29) is 24.5 Å². The van der Waals surface area contributed by atoms with Crippen molar-refractivity contribution in [2.24, 2.45) is 5.16 Å². The minimum atomic E-state index is -0.723. The Kier molecular flexibility index (Phi) is 6.34. The van der Waals surface area contributed by atoms with Gasteiger partial charge in [0, 0.05) is 23.6 Å². The van der Waals surface area contributed by atoms with E-state index in [0.717, 1.165) is 17.7 Å². The molecule has 0 spiro atoms. The van der Waals surface area contributed by atoms with E-state index in [1.54, 1.807) is 12.1 Å². The largest absolute Gasteiger partial charge is 0.390 e. The second-order valence-electron chi connectivity index (χ2n) is 8.27. The Hall–Kier alpha value is -3.03. The number of hydrogen-bond acceptors (Lipinski definition) is 3. The summed E-state index contributed by atoms with van der Waals surface area (Å²) in [5, 5.41) is 6.90. The van der Waals surface area contributed by atoms with Crippen LogP contribution < -0.4 is 5.32 Å². The Morgan fingerprint density at radius 3 is 2.43 bits per heavy atom. The number of nitrogens with one attached hydrogen (secondary N) is 1. The van der Waals surface area contributed by atoms with Crippen LogP contribution in [0.15, 0.2) is 47.6 Å². The molecule has 1 aliphatic heterocycles. The molecular formula is C22H24F3N3O2. The lowest BCUT2D eigenvalue weighted by atomic mass is 10.0. The molecule has 0 aromatic heterocycles. The number of halogens is 3. The fourth-order valence-corrected chi connectivity index (χ4v) is 3.06. The Labute approximate surface area is 173 Å². The number of nitrogens with zero attached hydrogens (tertiary/aromatic N) is 2. The first-order valence-corrected chi connectivity index (χ1v) is 9.60. The van der Waals surface area contributed by atoms with Gasteiger partial charge in [0.15, 0.2) is 6.10 Å². The van der Waals surface area contributed by atoms with Crippen LogP contribution in [0, 0.1) is 17.5 Å². The fourth-order valence-electron chi connectivity index (χ4n) is 3.06.